The fourth-order valence-electron chi connectivity index (χ4n) is 1.79. The van der Waals surface area contributed by atoms with Crippen LogP contribution in [0.1, 0.15) is 36.1 Å². The van der Waals surface area contributed by atoms with Crippen LogP contribution >= 0.6 is 0 Å². The van der Waals surface area contributed by atoms with Crippen molar-refractivity contribution in [2.75, 3.05) is 6.61 Å². The van der Waals surface area contributed by atoms with Crippen LogP contribution in [0.4, 0.5) is 0 Å². The lowest BCUT2D eigenvalue weighted by molar-refractivity contribution is 0.0934. The third-order valence-corrected chi connectivity index (χ3v) is 2.71. The number of benzene rings is 1. The van der Waals surface area contributed by atoms with Crippen LogP contribution in [0.3, 0.4) is 0 Å². The summed E-state index contributed by atoms with van der Waals surface area (Å²) in [5.41, 5.74) is 0.530. The van der Waals surface area contributed by atoms with Gasteiger partial charge in [0.25, 0.3) is 5.91 Å². The van der Waals surface area contributed by atoms with Crippen LogP contribution in [0.2, 0.25) is 0 Å². The summed E-state index contributed by atoms with van der Waals surface area (Å²) in [5, 5.41) is 2.88. The van der Waals surface area contributed by atoms with Crippen molar-refractivity contribution in [3.63, 3.8) is 0 Å². The van der Waals surface area contributed by atoms with Gasteiger partial charge in [0.2, 0.25) is 0 Å². The van der Waals surface area contributed by atoms with Crippen LogP contribution in [0, 0.1) is 0 Å². The topological polar surface area (TPSA) is 67.0 Å². The molecule has 1 amide bonds. The van der Waals surface area contributed by atoms with E-state index in [9.17, 15) is 4.79 Å². The average Bonchev–Trinajstić information content (AvgIpc) is 2.93. The minimum Gasteiger partial charge on any atom is -0.493 e. The Morgan fingerprint density at radius 3 is 2.95 bits per heavy atom. The summed E-state index contributed by atoms with van der Waals surface area (Å²) in [6.45, 7) is 4.29. The van der Waals surface area contributed by atoms with Gasteiger partial charge in [0.15, 0.2) is 0 Å². The molecule has 0 bridgehead atoms. The van der Waals surface area contributed by atoms with Crippen molar-refractivity contribution >= 4 is 5.91 Å². The zero-order valence-corrected chi connectivity index (χ0v) is 11.0. The molecule has 1 heterocycles. The molecule has 0 aliphatic heterocycles. The van der Waals surface area contributed by atoms with Crippen LogP contribution < -0.4 is 10.1 Å². The Kier molecular flexibility index (Phi) is 4.18. The SMILES string of the molecule is CCOc1ccccc1C(=O)NC(C)c1ncc[nH]1. The van der Waals surface area contributed by atoms with Crippen LogP contribution in [0.25, 0.3) is 0 Å². The molecule has 19 heavy (non-hydrogen) atoms. The number of nitrogens with zero attached hydrogens (tertiary/aromatic N) is 1. The second-order valence-corrected chi connectivity index (χ2v) is 4.10. The number of imidazole rings is 1. The minimum absolute atomic E-state index is 0.173. The molecular formula is C14H17N3O2. The number of para-hydroxylation sites is 1. The van der Waals surface area contributed by atoms with Crippen LogP contribution in [0.15, 0.2) is 36.7 Å². The van der Waals surface area contributed by atoms with Gasteiger partial charge in [-0.15, -0.1) is 0 Å². The Hall–Kier alpha value is -2.30. The Balaban J connectivity index is 2.11. The number of nitrogens with one attached hydrogen (secondary N) is 2. The standard InChI is InChI=1S/C14H17N3O2/c1-3-19-12-7-5-4-6-11(12)14(18)17-10(2)13-15-8-9-16-13/h4-10H,3H2,1-2H3,(H,15,16)(H,17,18). The number of carbonyl (C=O) groups is 1. The molecule has 0 fully saturated rings. The second-order valence-electron chi connectivity index (χ2n) is 4.10. The number of rotatable bonds is 5. The first-order valence-corrected chi connectivity index (χ1v) is 6.24. The first kappa shape index (κ1) is 13.1. The number of hydrogen-bond donors (Lipinski definition) is 2. The Labute approximate surface area is 112 Å². The fourth-order valence-corrected chi connectivity index (χ4v) is 1.79. The number of carbonyl (C=O) groups excluding carboxylic acids is 1. The van der Waals surface area contributed by atoms with Gasteiger partial charge in [-0.1, -0.05) is 12.1 Å². The van der Waals surface area contributed by atoms with E-state index in [2.05, 4.69) is 15.3 Å². The summed E-state index contributed by atoms with van der Waals surface area (Å²) < 4.78 is 5.45. The minimum atomic E-state index is -0.183. The van der Waals surface area contributed by atoms with E-state index in [1.54, 1.807) is 24.5 Å². The molecule has 0 saturated carbocycles. The molecular weight excluding hydrogens is 242 g/mol. The Morgan fingerprint density at radius 1 is 1.47 bits per heavy atom. The zero-order valence-electron chi connectivity index (χ0n) is 11.0. The van der Waals surface area contributed by atoms with Crippen molar-refractivity contribution in [2.45, 2.75) is 19.9 Å². The number of ether oxygens (including phenoxy) is 1. The van der Waals surface area contributed by atoms with Crippen molar-refractivity contribution in [2.24, 2.45) is 0 Å². The fraction of sp³-hybridized carbons (Fsp3) is 0.286. The van der Waals surface area contributed by atoms with Gasteiger partial charge in [0.05, 0.1) is 18.2 Å². The van der Waals surface area contributed by atoms with Gasteiger partial charge in [-0.2, -0.15) is 0 Å². The van der Waals surface area contributed by atoms with Crippen molar-refractivity contribution in [3.05, 3.63) is 48.0 Å². The lowest BCUT2D eigenvalue weighted by Crippen LogP contribution is -2.27. The van der Waals surface area contributed by atoms with Crippen LogP contribution in [-0.4, -0.2) is 22.5 Å². The molecule has 1 atom stereocenters. The highest BCUT2D eigenvalue weighted by molar-refractivity contribution is 5.97. The number of hydrogen-bond acceptors (Lipinski definition) is 3. The highest BCUT2D eigenvalue weighted by Gasteiger charge is 2.16. The molecule has 2 N–H and O–H groups in total. The average molecular weight is 259 g/mol. The molecule has 1 aromatic heterocycles. The van der Waals surface area contributed by atoms with E-state index < -0.39 is 0 Å². The number of aromatic nitrogens is 2. The largest absolute Gasteiger partial charge is 0.493 e. The normalized spacial score (nSPS) is 11.9. The summed E-state index contributed by atoms with van der Waals surface area (Å²) in [5.74, 6) is 1.14. The van der Waals surface area contributed by atoms with Gasteiger partial charge in [0, 0.05) is 12.4 Å². The molecule has 1 unspecified atom stereocenters. The maximum atomic E-state index is 12.2. The van der Waals surface area contributed by atoms with Crippen LogP contribution in [0.5, 0.6) is 5.75 Å². The third-order valence-electron chi connectivity index (χ3n) is 2.71. The maximum absolute atomic E-state index is 12.2. The third kappa shape index (κ3) is 3.13. The monoisotopic (exact) mass is 259 g/mol. The van der Waals surface area contributed by atoms with E-state index >= 15 is 0 Å². The quantitative estimate of drug-likeness (QED) is 0.865. The lowest BCUT2D eigenvalue weighted by atomic mass is 10.1. The molecule has 0 radical (unpaired) electrons. The summed E-state index contributed by atoms with van der Waals surface area (Å²) in [4.78, 5) is 19.3. The van der Waals surface area contributed by atoms with Crippen molar-refractivity contribution < 1.29 is 9.53 Å². The molecule has 5 nitrogen and oxygen atoms in total. The highest BCUT2D eigenvalue weighted by atomic mass is 16.5. The molecule has 0 aliphatic rings. The van der Waals surface area contributed by atoms with Gasteiger partial charge in [-0.05, 0) is 26.0 Å². The number of aromatic amines is 1. The molecule has 0 spiro atoms. The Morgan fingerprint density at radius 2 is 2.26 bits per heavy atom. The lowest BCUT2D eigenvalue weighted by Gasteiger charge is -2.14. The van der Waals surface area contributed by atoms with Gasteiger partial charge >= 0.3 is 0 Å². The second kappa shape index (κ2) is 6.04. The van der Waals surface area contributed by atoms with E-state index in [4.69, 9.17) is 4.74 Å². The predicted octanol–water partition coefficient (Wildman–Crippen LogP) is 2.30. The molecule has 2 aromatic rings. The van der Waals surface area contributed by atoms with Gasteiger partial charge in [0.1, 0.15) is 11.6 Å². The maximum Gasteiger partial charge on any atom is 0.255 e. The summed E-state index contributed by atoms with van der Waals surface area (Å²) in [6, 6.07) is 7.01. The van der Waals surface area contributed by atoms with Crippen molar-refractivity contribution in [3.8, 4) is 5.75 Å². The molecule has 2 rings (SSSR count). The predicted molar refractivity (Wildman–Crippen MR) is 72.1 cm³/mol. The van der Waals surface area contributed by atoms with E-state index in [0.29, 0.717) is 17.9 Å². The molecule has 100 valence electrons. The van der Waals surface area contributed by atoms with E-state index in [1.807, 2.05) is 26.0 Å². The molecule has 0 saturated heterocycles. The summed E-state index contributed by atoms with van der Waals surface area (Å²) >= 11 is 0. The van der Waals surface area contributed by atoms with E-state index in [0.717, 1.165) is 5.82 Å². The van der Waals surface area contributed by atoms with E-state index in [1.165, 1.54) is 0 Å². The van der Waals surface area contributed by atoms with Gasteiger partial charge in [-0.3, -0.25) is 4.79 Å². The van der Waals surface area contributed by atoms with Crippen LogP contribution in [-0.2, 0) is 0 Å². The zero-order chi connectivity index (χ0) is 13.7. The molecule has 0 aliphatic carbocycles. The Bertz CT molecular complexity index is 537. The van der Waals surface area contributed by atoms with E-state index in [-0.39, 0.29) is 11.9 Å². The van der Waals surface area contributed by atoms with Crippen molar-refractivity contribution in [1.29, 1.82) is 0 Å². The molecule has 5 heteroatoms. The number of amides is 1. The first-order chi connectivity index (χ1) is 9.22. The van der Waals surface area contributed by atoms with Crippen molar-refractivity contribution in [1.82, 2.24) is 15.3 Å². The highest BCUT2D eigenvalue weighted by Crippen LogP contribution is 2.18. The van der Waals surface area contributed by atoms with Gasteiger partial charge < -0.3 is 15.0 Å². The molecule has 1 aromatic carbocycles. The smallest absolute Gasteiger partial charge is 0.255 e. The number of H-pyrrole nitrogens is 1. The summed E-state index contributed by atoms with van der Waals surface area (Å²) in [7, 11) is 0. The first-order valence-electron chi connectivity index (χ1n) is 6.24. The van der Waals surface area contributed by atoms with Gasteiger partial charge in [-0.25, -0.2) is 4.98 Å². The summed E-state index contributed by atoms with van der Waals surface area (Å²) in [6.07, 6.45) is 3.39.